The van der Waals surface area contributed by atoms with Gasteiger partial charge in [-0.15, -0.1) is 0 Å². The average molecular weight is 380 g/mol. The number of ether oxygens (including phenoxy) is 1. The van der Waals surface area contributed by atoms with Crippen LogP contribution in [0.5, 0.6) is 5.75 Å². The lowest BCUT2D eigenvalue weighted by atomic mass is 10.2. The first-order chi connectivity index (χ1) is 13.1. The SMILES string of the molecule is COc1ccc(Cl)cc1NC1c2ncccc2C(=O)N1c1ccc(C)cc1. The van der Waals surface area contributed by atoms with Crippen LogP contribution in [0.3, 0.4) is 0 Å². The number of aryl methyl sites for hydroxylation is 1. The highest BCUT2D eigenvalue weighted by molar-refractivity contribution is 6.31. The fourth-order valence-corrected chi connectivity index (χ4v) is 3.40. The lowest BCUT2D eigenvalue weighted by Gasteiger charge is -2.27. The number of hydrogen-bond acceptors (Lipinski definition) is 4. The summed E-state index contributed by atoms with van der Waals surface area (Å²) in [7, 11) is 1.60. The van der Waals surface area contributed by atoms with Crippen LogP contribution in [0.25, 0.3) is 0 Å². The summed E-state index contributed by atoms with van der Waals surface area (Å²) < 4.78 is 5.44. The number of nitrogens with zero attached hydrogens (tertiary/aromatic N) is 2. The Hall–Kier alpha value is -3.05. The molecule has 1 aromatic heterocycles. The zero-order valence-corrected chi connectivity index (χ0v) is 15.7. The number of carbonyl (C=O) groups excluding carboxylic acids is 1. The molecule has 1 aliphatic rings. The lowest BCUT2D eigenvalue weighted by Crippen LogP contribution is -2.32. The van der Waals surface area contributed by atoms with Crippen molar-refractivity contribution in [2.45, 2.75) is 13.1 Å². The van der Waals surface area contributed by atoms with Gasteiger partial charge >= 0.3 is 0 Å². The number of amides is 1. The molecule has 0 spiro atoms. The lowest BCUT2D eigenvalue weighted by molar-refractivity contribution is 0.0993. The van der Waals surface area contributed by atoms with Gasteiger partial charge in [0.2, 0.25) is 0 Å². The van der Waals surface area contributed by atoms with Gasteiger partial charge in [0.05, 0.1) is 24.1 Å². The highest BCUT2D eigenvalue weighted by atomic mass is 35.5. The average Bonchev–Trinajstić information content (AvgIpc) is 2.95. The van der Waals surface area contributed by atoms with Gasteiger partial charge in [0.15, 0.2) is 6.17 Å². The van der Waals surface area contributed by atoms with Gasteiger partial charge in [-0.1, -0.05) is 29.3 Å². The van der Waals surface area contributed by atoms with E-state index in [9.17, 15) is 4.79 Å². The molecule has 136 valence electrons. The summed E-state index contributed by atoms with van der Waals surface area (Å²) in [6.45, 7) is 2.01. The molecular formula is C21H18ClN3O2. The van der Waals surface area contributed by atoms with E-state index >= 15 is 0 Å². The van der Waals surface area contributed by atoms with Crippen LogP contribution in [-0.2, 0) is 0 Å². The molecule has 1 unspecified atom stereocenters. The molecule has 0 radical (unpaired) electrons. The van der Waals surface area contributed by atoms with Crippen molar-refractivity contribution in [1.29, 1.82) is 0 Å². The highest BCUT2D eigenvalue weighted by Crippen LogP contribution is 2.39. The molecule has 27 heavy (non-hydrogen) atoms. The molecule has 4 rings (SSSR count). The molecule has 0 fully saturated rings. The predicted molar refractivity (Wildman–Crippen MR) is 107 cm³/mol. The van der Waals surface area contributed by atoms with Gasteiger partial charge in [0.25, 0.3) is 5.91 Å². The number of aromatic nitrogens is 1. The van der Waals surface area contributed by atoms with Crippen molar-refractivity contribution in [3.8, 4) is 5.75 Å². The predicted octanol–water partition coefficient (Wildman–Crippen LogP) is 4.82. The van der Waals surface area contributed by atoms with E-state index in [0.717, 1.165) is 11.3 Å². The second-order valence-corrected chi connectivity index (χ2v) is 6.77. The second-order valence-electron chi connectivity index (χ2n) is 6.34. The van der Waals surface area contributed by atoms with E-state index in [0.29, 0.717) is 27.7 Å². The molecule has 0 saturated heterocycles. The Morgan fingerprint density at radius 2 is 1.93 bits per heavy atom. The largest absolute Gasteiger partial charge is 0.495 e. The maximum atomic E-state index is 13.1. The summed E-state index contributed by atoms with van der Waals surface area (Å²) in [6, 6.07) is 16.7. The quantitative estimate of drug-likeness (QED) is 0.705. The topological polar surface area (TPSA) is 54.5 Å². The molecule has 0 aliphatic carbocycles. The smallest absolute Gasteiger partial charge is 0.262 e. The first kappa shape index (κ1) is 17.4. The number of hydrogen-bond donors (Lipinski definition) is 1. The van der Waals surface area contributed by atoms with Gasteiger partial charge in [-0.3, -0.25) is 14.7 Å². The van der Waals surface area contributed by atoms with E-state index in [2.05, 4.69) is 10.3 Å². The van der Waals surface area contributed by atoms with E-state index in [4.69, 9.17) is 16.3 Å². The summed E-state index contributed by atoms with van der Waals surface area (Å²) in [5, 5.41) is 3.96. The van der Waals surface area contributed by atoms with Crippen molar-refractivity contribution in [2.24, 2.45) is 0 Å². The number of methoxy groups -OCH3 is 1. The van der Waals surface area contributed by atoms with Crippen LogP contribution in [0.4, 0.5) is 11.4 Å². The molecule has 1 amide bonds. The van der Waals surface area contributed by atoms with Crippen molar-refractivity contribution in [2.75, 3.05) is 17.3 Å². The van der Waals surface area contributed by atoms with Gasteiger partial charge < -0.3 is 10.1 Å². The summed E-state index contributed by atoms with van der Waals surface area (Å²) in [5.74, 6) is 0.542. The van der Waals surface area contributed by atoms with Crippen LogP contribution in [0.15, 0.2) is 60.8 Å². The van der Waals surface area contributed by atoms with E-state index < -0.39 is 6.17 Å². The Morgan fingerprint density at radius 3 is 2.67 bits per heavy atom. The van der Waals surface area contributed by atoms with Gasteiger partial charge in [0.1, 0.15) is 5.75 Å². The van der Waals surface area contributed by atoms with Crippen LogP contribution < -0.4 is 15.0 Å². The van der Waals surface area contributed by atoms with Crippen LogP contribution in [0.2, 0.25) is 5.02 Å². The van der Waals surface area contributed by atoms with Gasteiger partial charge in [-0.05, 0) is 49.4 Å². The van der Waals surface area contributed by atoms with Crippen molar-refractivity contribution >= 4 is 28.9 Å². The normalized spacial score (nSPS) is 15.6. The number of pyridine rings is 1. The first-order valence-electron chi connectivity index (χ1n) is 8.53. The fraction of sp³-hybridized carbons (Fsp3) is 0.143. The number of carbonyl (C=O) groups is 1. The first-order valence-corrected chi connectivity index (χ1v) is 8.91. The second kappa shape index (κ2) is 6.93. The minimum atomic E-state index is -0.469. The summed E-state index contributed by atoms with van der Waals surface area (Å²) in [5.41, 5.74) is 3.87. The Balaban J connectivity index is 1.80. The van der Waals surface area contributed by atoms with E-state index in [1.54, 1.807) is 48.5 Å². The number of nitrogens with one attached hydrogen (secondary N) is 1. The number of rotatable bonds is 4. The molecule has 0 bridgehead atoms. The maximum absolute atomic E-state index is 13.1. The van der Waals surface area contributed by atoms with E-state index in [1.165, 1.54) is 0 Å². The zero-order chi connectivity index (χ0) is 19.0. The number of fused-ring (bicyclic) bond motifs is 1. The molecule has 1 aliphatic heterocycles. The Labute approximate surface area is 162 Å². The standard InChI is InChI=1S/C21H18ClN3O2/c1-13-5-8-15(9-6-13)25-20(19-16(21(25)26)4-3-11-23-19)24-17-12-14(22)7-10-18(17)27-2/h3-12,20,24H,1-2H3. The fourth-order valence-electron chi connectivity index (χ4n) is 3.23. The van der Waals surface area contributed by atoms with Crippen molar-refractivity contribution in [3.63, 3.8) is 0 Å². The minimum Gasteiger partial charge on any atom is -0.495 e. The molecule has 5 nitrogen and oxygen atoms in total. The minimum absolute atomic E-state index is 0.0968. The third-order valence-electron chi connectivity index (χ3n) is 4.57. The third-order valence-corrected chi connectivity index (χ3v) is 4.81. The number of benzene rings is 2. The number of halogens is 1. The van der Waals surface area contributed by atoms with Crippen molar-refractivity contribution in [3.05, 3.63) is 82.6 Å². The molecule has 1 atom stereocenters. The summed E-state index contributed by atoms with van der Waals surface area (Å²) >= 11 is 6.17. The molecule has 6 heteroatoms. The van der Waals surface area contributed by atoms with Crippen molar-refractivity contribution < 1.29 is 9.53 Å². The Kier molecular flexibility index (Phi) is 4.46. The molecule has 1 N–H and O–H groups in total. The molecule has 2 heterocycles. The van der Waals surface area contributed by atoms with Crippen LogP contribution in [0, 0.1) is 6.92 Å². The summed E-state index contributed by atoms with van der Waals surface area (Å²) in [6.07, 6.45) is 1.22. The zero-order valence-electron chi connectivity index (χ0n) is 14.9. The van der Waals surface area contributed by atoms with Crippen molar-refractivity contribution in [1.82, 2.24) is 4.98 Å². The van der Waals surface area contributed by atoms with Crippen LogP contribution in [-0.4, -0.2) is 18.0 Å². The Bertz CT molecular complexity index is 1000. The van der Waals surface area contributed by atoms with Gasteiger partial charge in [-0.25, -0.2) is 0 Å². The monoisotopic (exact) mass is 379 g/mol. The highest BCUT2D eigenvalue weighted by Gasteiger charge is 2.39. The molecule has 2 aromatic carbocycles. The van der Waals surface area contributed by atoms with Gasteiger partial charge in [-0.2, -0.15) is 0 Å². The van der Waals surface area contributed by atoms with E-state index in [1.807, 2.05) is 31.2 Å². The van der Waals surface area contributed by atoms with Crippen LogP contribution >= 0.6 is 11.6 Å². The Morgan fingerprint density at radius 1 is 1.15 bits per heavy atom. The van der Waals surface area contributed by atoms with E-state index in [-0.39, 0.29) is 5.91 Å². The molecular weight excluding hydrogens is 362 g/mol. The molecule has 0 saturated carbocycles. The van der Waals surface area contributed by atoms with Gasteiger partial charge in [0, 0.05) is 16.9 Å². The van der Waals surface area contributed by atoms with Crippen LogP contribution in [0.1, 0.15) is 27.8 Å². The molecule has 3 aromatic rings. The maximum Gasteiger partial charge on any atom is 0.262 e. The number of anilines is 2. The third kappa shape index (κ3) is 3.11. The summed E-state index contributed by atoms with van der Waals surface area (Å²) in [4.78, 5) is 19.3.